The van der Waals surface area contributed by atoms with Crippen molar-refractivity contribution in [2.45, 2.75) is 62.9 Å². The zero-order valence-electron chi connectivity index (χ0n) is 14.2. The highest BCUT2D eigenvalue weighted by Crippen LogP contribution is 2.25. The number of aliphatic carboxylic acids is 1. The highest BCUT2D eigenvalue weighted by atomic mass is 32.2. The minimum Gasteiger partial charge on any atom is -0.506 e. The Hall–Kier alpha value is -1.93. The molecular weight excluding hydrogens is 348 g/mol. The van der Waals surface area contributed by atoms with Crippen LogP contribution >= 0.6 is 0 Å². The summed E-state index contributed by atoms with van der Waals surface area (Å²) < 4.78 is 28.8. The van der Waals surface area contributed by atoms with Gasteiger partial charge < -0.3 is 10.2 Å². The fraction of sp³-hybridized carbons (Fsp3) is 0.529. The molecule has 0 spiro atoms. The summed E-state index contributed by atoms with van der Waals surface area (Å²) in [5, 5.41) is 18.7. The van der Waals surface area contributed by atoms with Gasteiger partial charge in [-0.3, -0.25) is 4.79 Å². The van der Waals surface area contributed by atoms with Crippen LogP contribution in [0.15, 0.2) is 29.2 Å². The average molecular weight is 372 g/mol. The molecule has 1 rings (SSSR count). The average Bonchev–Trinajstić information content (AvgIpc) is 2.55. The van der Waals surface area contributed by atoms with Crippen molar-refractivity contribution in [1.29, 1.82) is 0 Å². The van der Waals surface area contributed by atoms with Gasteiger partial charge in [-0.25, -0.2) is 8.98 Å². The van der Waals surface area contributed by atoms with E-state index in [2.05, 4.69) is 11.1 Å². The summed E-state index contributed by atoms with van der Waals surface area (Å²) in [5.74, 6) is -3.05. The minimum atomic E-state index is -4.57. The smallest absolute Gasteiger partial charge is 0.342 e. The van der Waals surface area contributed by atoms with Gasteiger partial charge >= 0.3 is 16.1 Å². The van der Waals surface area contributed by atoms with Gasteiger partial charge in [0.2, 0.25) is 6.10 Å². The molecular formula is C17H24O7S. The van der Waals surface area contributed by atoms with Crippen LogP contribution in [0.4, 0.5) is 0 Å². The van der Waals surface area contributed by atoms with Gasteiger partial charge in [0.05, 0.1) is 0 Å². The zero-order chi connectivity index (χ0) is 18.9. The molecule has 2 N–H and O–H groups in total. The van der Waals surface area contributed by atoms with Crippen molar-refractivity contribution in [2.24, 2.45) is 0 Å². The first-order chi connectivity index (χ1) is 11.8. The van der Waals surface area contributed by atoms with Crippen LogP contribution in [0.3, 0.4) is 0 Å². The van der Waals surface area contributed by atoms with Crippen LogP contribution in [0.2, 0.25) is 0 Å². The molecule has 140 valence electrons. The maximum atomic E-state index is 12.1. The summed E-state index contributed by atoms with van der Waals surface area (Å²) in [6.07, 6.45) is 3.25. The van der Waals surface area contributed by atoms with E-state index in [1.165, 1.54) is 12.1 Å². The number of hydrogen-bond donors (Lipinski definition) is 2. The number of benzene rings is 1. The molecule has 1 aromatic carbocycles. The van der Waals surface area contributed by atoms with E-state index in [1.807, 2.05) is 0 Å². The van der Waals surface area contributed by atoms with Crippen molar-refractivity contribution in [3.05, 3.63) is 24.3 Å². The molecule has 0 aliphatic carbocycles. The molecule has 8 heteroatoms. The van der Waals surface area contributed by atoms with Crippen molar-refractivity contribution in [3.63, 3.8) is 0 Å². The lowest BCUT2D eigenvalue weighted by Gasteiger charge is -2.13. The van der Waals surface area contributed by atoms with Crippen LogP contribution in [-0.4, -0.2) is 36.5 Å². The lowest BCUT2D eigenvalue weighted by atomic mass is 10.1. The highest BCUT2D eigenvalue weighted by Gasteiger charge is 2.34. The van der Waals surface area contributed by atoms with Crippen molar-refractivity contribution >= 4 is 21.9 Å². The van der Waals surface area contributed by atoms with E-state index in [1.54, 1.807) is 0 Å². The molecule has 0 fully saturated rings. The Kier molecular flexibility index (Phi) is 8.57. The van der Waals surface area contributed by atoms with Crippen LogP contribution in [-0.2, 0) is 23.9 Å². The van der Waals surface area contributed by atoms with Gasteiger partial charge in [0, 0.05) is 6.42 Å². The molecule has 0 aliphatic rings. The van der Waals surface area contributed by atoms with Crippen molar-refractivity contribution in [2.75, 3.05) is 0 Å². The second-order valence-corrected chi connectivity index (χ2v) is 7.26. The van der Waals surface area contributed by atoms with Gasteiger partial charge in [0.1, 0.15) is 10.6 Å². The molecule has 0 aromatic heterocycles. The Morgan fingerprint density at radius 3 is 2.28 bits per heavy atom. The van der Waals surface area contributed by atoms with Gasteiger partial charge in [-0.2, -0.15) is 8.42 Å². The van der Waals surface area contributed by atoms with Gasteiger partial charge in [-0.1, -0.05) is 51.2 Å². The van der Waals surface area contributed by atoms with Crippen LogP contribution < -0.4 is 0 Å². The fourth-order valence-corrected chi connectivity index (χ4v) is 3.41. The first-order valence-electron chi connectivity index (χ1n) is 8.26. The largest absolute Gasteiger partial charge is 0.506 e. The lowest BCUT2D eigenvalue weighted by Crippen LogP contribution is -2.35. The number of unbranched alkanes of at least 4 members (excludes halogenated alkanes) is 5. The topological polar surface area (TPSA) is 118 Å². The first kappa shape index (κ1) is 21.1. The van der Waals surface area contributed by atoms with Gasteiger partial charge in [0.15, 0.2) is 5.78 Å². The van der Waals surface area contributed by atoms with Crippen LogP contribution in [0.25, 0.3) is 0 Å². The molecule has 0 amide bonds. The van der Waals surface area contributed by atoms with Crippen LogP contribution in [0.5, 0.6) is 5.75 Å². The number of hydrogen-bond acceptors (Lipinski definition) is 6. The maximum Gasteiger partial charge on any atom is 0.342 e. The fourth-order valence-electron chi connectivity index (χ4n) is 2.29. The Balaban J connectivity index is 2.69. The Labute approximate surface area is 147 Å². The summed E-state index contributed by atoms with van der Waals surface area (Å²) in [7, 11) is -4.57. The second-order valence-electron chi connectivity index (χ2n) is 5.72. The number of rotatable bonds is 12. The molecule has 0 saturated heterocycles. The third-order valence-corrected chi connectivity index (χ3v) is 4.98. The standard InChI is InChI=1S/C17H24O7S/c1-2-3-4-5-6-7-11-14(19)16(17(20)21)24-25(22,23)15-12-9-8-10-13(15)18/h8-10,12,16,18H,2-7,11H2,1H3,(H,20,21). The Bertz CT molecular complexity index is 682. The van der Waals surface area contributed by atoms with E-state index in [0.29, 0.717) is 6.42 Å². The number of phenolic OH excluding ortho intramolecular Hbond substituents is 1. The molecule has 0 saturated carbocycles. The number of carbonyl (C=O) groups excluding carboxylic acids is 1. The van der Waals surface area contributed by atoms with Crippen molar-refractivity contribution < 1.29 is 32.4 Å². The van der Waals surface area contributed by atoms with Crippen LogP contribution in [0, 0.1) is 0 Å². The number of phenols is 1. The first-order valence-corrected chi connectivity index (χ1v) is 9.67. The normalized spacial score (nSPS) is 12.7. The number of carbonyl (C=O) groups is 2. The molecule has 25 heavy (non-hydrogen) atoms. The van der Waals surface area contributed by atoms with E-state index in [9.17, 15) is 23.1 Å². The number of carboxylic acid groups (broad SMARTS) is 1. The molecule has 0 bridgehead atoms. The summed E-state index contributed by atoms with van der Waals surface area (Å²) in [6, 6.07) is 4.96. The third-order valence-electron chi connectivity index (χ3n) is 3.65. The predicted molar refractivity (Wildman–Crippen MR) is 90.8 cm³/mol. The zero-order valence-corrected chi connectivity index (χ0v) is 15.0. The molecule has 7 nitrogen and oxygen atoms in total. The van der Waals surface area contributed by atoms with E-state index < -0.39 is 38.6 Å². The number of Topliss-reactive ketones (excluding diaryl/α,β-unsaturated/α-hetero) is 1. The van der Waals surface area contributed by atoms with Crippen molar-refractivity contribution in [1.82, 2.24) is 0 Å². The van der Waals surface area contributed by atoms with E-state index >= 15 is 0 Å². The SMILES string of the molecule is CCCCCCCCC(=O)C(OS(=O)(=O)c1ccccc1O)C(=O)O. The van der Waals surface area contributed by atoms with E-state index in [4.69, 9.17) is 5.11 Å². The monoisotopic (exact) mass is 372 g/mol. The molecule has 0 radical (unpaired) electrons. The highest BCUT2D eigenvalue weighted by molar-refractivity contribution is 7.87. The third kappa shape index (κ3) is 6.83. The van der Waals surface area contributed by atoms with Gasteiger partial charge in [-0.05, 0) is 18.6 Å². The second kappa shape index (κ2) is 10.1. The van der Waals surface area contributed by atoms with Crippen LogP contribution in [0.1, 0.15) is 51.9 Å². The number of aromatic hydroxyl groups is 1. The lowest BCUT2D eigenvalue weighted by molar-refractivity contribution is -0.150. The summed E-state index contributed by atoms with van der Waals surface area (Å²) >= 11 is 0. The molecule has 1 aromatic rings. The summed E-state index contributed by atoms with van der Waals surface area (Å²) in [4.78, 5) is 22.7. The molecule has 0 aliphatic heterocycles. The quantitative estimate of drug-likeness (QED) is 0.329. The van der Waals surface area contributed by atoms with Crippen molar-refractivity contribution in [3.8, 4) is 5.75 Å². The predicted octanol–water partition coefficient (Wildman–Crippen LogP) is 2.87. The molecule has 1 unspecified atom stereocenters. The Morgan fingerprint density at radius 1 is 1.08 bits per heavy atom. The number of ketones is 1. The van der Waals surface area contributed by atoms with E-state index in [-0.39, 0.29) is 6.42 Å². The molecule has 0 heterocycles. The van der Waals surface area contributed by atoms with Gasteiger partial charge in [-0.15, -0.1) is 0 Å². The molecule has 1 atom stereocenters. The van der Waals surface area contributed by atoms with E-state index in [0.717, 1.165) is 44.2 Å². The summed E-state index contributed by atoms with van der Waals surface area (Å²) in [5.41, 5.74) is 0. The summed E-state index contributed by atoms with van der Waals surface area (Å²) in [6.45, 7) is 2.09. The Morgan fingerprint density at radius 2 is 1.68 bits per heavy atom. The number of para-hydroxylation sites is 1. The number of carboxylic acids is 1. The van der Waals surface area contributed by atoms with Gasteiger partial charge in [0.25, 0.3) is 0 Å². The maximum absolute atomic E-state index is 12.1. The minimum absolute atomic E-state index is 0.0701.